The first-order chi connectivity index (χ1) is 8.54. The van der Waals surface area contributed by atoms with E-state index in [9.17, 15) is 8.42 Å². The number of nitrogens with zero attached hydrogens (tertiary/aromatic N) is 1. The molecule has 1 aromatic rings. The lowest BCUT2D eigenvalue weighted by atomic mass is 9.99. The summed E-state index contributed by atoms with van der Waals surface area (Å²) in [6.07, 6.45) is 1.71. The summed E-state index contributed by atoms with van der Waals surface area (Å²) >= 11 is 6.90. The van der Waals surface area contributed by atoms with Crippen molar-refractivity contribution in [3.8, 4) is 0 Å². The molecular weight excluding hydrogens is 294 g/mol. The molecular formula is C11H16ClNO3S2. The SMILES string of the molecule is COCC1CCN(S(=O)(=O)c2ccc(Cl)s2)CC1. The van der Waals surface area contributed by atoms with Gasteiger partial charge in [0, 0.05) is 26.8 Å². The fraction of sp³-hybridized carbons (Fsp3) is 0.636. The maximum absolute atomic E-state index is 12.3. The topological polar surface area (TPSA) is 46.6 Å². The monoisotopic (exact) mass is 309 g/mol. The van der Waals surface area contributed by atoms with Crippen molar-refractivity contribution >= 4 is 33.0 Å². The van der Waals surface area contributed by atoms with Gasteiger partial charge in [-0.25, -0.2) is 8.42 Å². The highest BCUT2D eigenvalue weighted by Crippen LogP contribution is 2.30. The van der Waals surface area contributed by atoms with E-state index in [0.29, 0.717) is 34.2 Å². The van der Waals surface area contributed by atoms with Crippen LogP contribution in [0.2, 0.25) is 4.34 Å². The van der Waals surface area contributed by atoms with Gasteiger partial charge in [-0.05, 0) is 30.9 Å². The van der Waals surface area contributed by atoms with Crippen LogP contribution in [0.25, 0.3) is 0 Å². The van der Waals surface area contributed by atoms with Gasteiger partial charge in [-0.2, -0.15) is 4.31 Å². The van der Waals surface area contributed by atoms with Gasteiger partial charge in [0.1, 0.15) is 4.21 Å². The van der Waals surface area contributed by atoms with Gasteiger partial charge in [-0.15, -0.1) is 11.3 Å². The molecule has 2 rings (SSSR count). The van der Waals surface area contributed by atoms with E-state index in [1.165, 1.54) is 0 Å². The molecule has 0 saturated carbocycles. The molecule has 1 aliphatic heterocycles. The van der Waals surface area contributed by atoms with Crippen LogP contribution in [-0.4, -0.2) is 39.5 Å². The number of methoxy groups -OCH3 is 1. The van der Waals surface area contributed by atoms with Crippen molar-refractivity contribution in [1.82, 2.24) is 4.31 Å². The average molecular weight is 310 g/mol. The molecule has 1 aliphatic rings. The molecule has 0 unspecified atom stereocenters. The molecule has 1 aromatic heterocycles. The van der Waals surface area contributed by atoms with Crippen LogP contribution in [0.3, 0.4) is 0 Å². The number of halogens is 1. The summed E-state index contributed by atoms with van der Waals surface area (Å²) in [6.45, 7) is 1.83. The van der Waals surface area contributed by atoms with Gasteiger partial charge in [0.15, 0.2) is 0 Å². The summed E-state index contributed by atoms with van der Waals surface area (Å²) < 4.78 is 32.1. The Kier molecular flexibility index (Phi) is 4.66. The minimum Gasteiger partial charge on any atom is -0.384 e. The van der Waals surface area contributed by atoms with Crippen LogP contribution in [0.15, 0.2) is 16.3 Å². The minimum absolute atomic E-state index is 0.331. The maximum Gasteiger partial charge on any atom is 0.252 e. The van der Waals surface area contributed by atoms with E-state index < -0.39 is 10.0 Å². The molecule has 102 valence electrons. The number of rotatable bonds is 4. The van der Waals surface area contributed by atoms with Gasteiger partial charge >= 0.3 is 0 Å². The molecule has 0 aliphatic carbocycles. The van der Waals surface area contributed by atoms with Crippen LogP contribution in [0.1, 0.15) is 12.8 Å². The molecule has 0 radical (unpaired) electrons. The van der Waals surface area contributed by atoms with Crippen molar-refractivity contribution in [2.45, 2.75) is 17.1 Å². The predicted octanol–water partition coefficient (Wildman–Crippen LogP) is 2.45. The summed E-state index contributed by atoms with van der Waals surface area (Å²) in [7, 11) is -1.68. The molecule has 4 nitrogen and oxygen atoms in total. The lowest BCUT2D eigenvalue weighted by Crippen LogP contribution is -2.39. The number of sulfonamides is 1. The lowest BCUT2D eigenvalue weighted by Gasteiger charge is -2.30. The lowest BCUT2D eigenvalue weighted by molar-refractivity contribution is 0.121. The van der Waals surface area contributed by atoms with E-state index in [-0.39, 0.29) is 0 Å². The first kappa shape index (κ1) is 14.3. The molecule has 2 heterocycles. The normalized spacial score (nSPS) is 19.2. The highest BCUT2D eigenvalue weighted by atomic mass is 35.5. The van der Waals surface area contributed by atoms with E-state index in [2.05, 4.69) is 0 Å². The first-order valence-corrected chi connectivity index (χ1v) is 8.42. The molecule has 7 heteroatoms. The number of ether oxygens (including phenoxy) is 1. The Labute approximate surface area is 117 Å². The Hall–Kier alpha value is -0.140. The second-order valence-electron chi connectivity index (χ2n) is 4.36. The highest BCUT2D eigenvalue weighted by Gasteiger charge is 2.30. The largest absolute Gasteiger partial charge is 0.384 e. The van der Waals surface area contributed by atoms with Gasteiger partial charge in [0.05, 0.1) is 4.34 Å². The zero-order chi connectivity index (χ0) is 13.2. The molecule has 0 amide bonds. The van der Waals surface area contributed by atoms with Gasteiger partial charge in [0.25, 0.3) is 10.0 Å². The second kappa shape index (κ2) is 5.88. The Balaban J connectivity index is 2.05. The third-order valence-corrected chi connectivity index (χ3v) is 6.72. The summed E-state index contributed by atoms with van der Waals surface area (Å²) in [5.74, 6) is 0.466. The second-order valence-corrected chi connectivity index (χ2v) is 8.24. The number of thiophene rings is 1. The van der Waals surface area contributed by atoms with E-state index in [1.807, 2.05) is 0 Å². The quantitative estimate of drug-likeness (QED) is 0.858. The molecule has 0 bridgehead atoms. The van der Waals surface area contributed by atoms with Gasteiger partial charge in [-0.3, -0.25) is 0 Å². The van der Waals surface area contributed by atoms with Gasteiger partial charge in [0.2, 0.25) is 0 Å². The molecule has 0 spiro atoms. The third-order valence-electron chi connectivity index (χ3n) is 3.12. The Morgan fingerprint density at radius 3 is 2.61 bits per heavy atom. The van der Waals surface area contributed by atoms with Crippen molar-refractivity contribution < 1.29 is 13.2 Å². The Morgan fingerprint density at radius 1 is 1.44 bits per heavy atom. The highest BCUT2D eigenvalue weighted by molar-refractivity contribution is 7.91. The average Bonchev–Trinajstić information content (AvgIpc) is 2.78. The van der Waals surface area contributed by atoms with Crippen LogP contribution in [0, 0.1) is 5.92 Å². The fourth-order valence-electron chi connectivity index (χ4n) is 2.12. The molecule has 1 fully saturated rings. The van der Waals surface area contributed by atoms with Crippen LogP contribution in [0.4, 0.5) is 0 Å². The van der Waals surface area contributed by atoms with Crippen LogP contribution in [-0.2, 0) is 14.8 Å². The first-order valence-electron chi connectivity index (χ1n) is 5.78. The zero-order valence-electron chi connectivity index (χ0n) is 10.1. The third kappa shape index (κ3) is 3.05. The summed E-state index contributed by atoms with van der Waals surface area (Å²) in [6, 6.07) is 3.19. The van der Waals surface area contributed by atoms with E-state index in [0.717, 1.165) is 24.2 Å². The van der Waals surface area contributed by atoms with E-state index >= 15 is 0 Å². The minimum atomic E-state index is -3.35. The zero-order valence-corrected chi connectivity index (χ0v) is 12.5. The van der Waals surface area contributed by atoms with Crippen LogP contribution < -0.4 is 0 Å². The molecule has 1 saturated heterocycles. The Bertz CT molecular complexity index is 492. The van der Waals surface area contributed by atoms with Crippen molar-refractivity contribution in [3.63, 3.8) is 0 Å². The summed E-state index contributed by atoms with van der Waals surface area (Å²) in [5, 5.41) is 0. The molecule has 0 atom stereocenters. The fourth-order valence-corrected chi connectivity index (χ4v) is 5.22. The van der Waals surface area contributed by atoms with Crippen molar-refractivity contribution in [2.75, 3.05) is 26.8 Å². The summed E-state index contributed by atoms with van der Waals surface area (Å²) in [5.41, 5.74) is 0. The van der Waals surface area contributed by atoms with Crippen molar-refractivity contribution in [1.29, 1.82) is 0 Å². The van der Waals surface area contributed by atoms with Crippen LogP contribution in [0.5, 0.6) is 0 Å². The van der Waals surface area contributed by atoms with Gasteiger partial charge < -0.3 is 4.74 Å². The maximum atomic E-state index is 12.3. The molecule has 0 aromatic carbocycles. The standard InChI is InChI=1S/C11H16ClNO3S2/c1-16-8-9-4-6-13(7-5-9)18(14,15)11-3-2-10(12)17-11/h2-3,9H,4-8H2,1H3. The van der Waals surface area contributed by atoms with E-state index in [4.69, 9.17) is 16.3 Å². The van der Waals surface area contributed by atoms with Gasteiger partial charge in [-0.1, -0.05) is 11.6 Å². The number of hydrogen-bond acceptors (Lipinski definition) is 4. The van der Waals surface area contributed by atoms with E-state index in [1.54, 1.807) is 23.5 Å². The Morgan fingerprint density at radius 2 is 2.11 bits per heavy atom. The predicted molar refractivity (Wildman–Crippen MR) is 72.7 cm³/mol. The van der Waals surface area contributed by atoms with Crippen molar-refractivity contribution in [3.05, 3.63) is 16.5 Å². The number of hydrogen-bond donors (Lipinski definition) is 0. The van der Waals surface area contributed by atoms with Crippen molar-refractivity contribution in [2.24, 2.45) is 5.92 Å². The molecule has 0 N–H and O–H groups in total. The van der Waals surface area contributed by atoms with Crippen LogP contribution >= 0.6 is 22.9 Å². The smallest absolute Gasteiger partial charge is 0.252 e. The summed E-state index contributed by atoms with van der Waals surface area (Å²) in [4.78, 5) is 0. The number of piperidine rings is 1. The molecule has 18 heavy (non-hydrogen) atoms.